The Morgan fingerprint density at radius 1 is 1.03 bits per heavy atom. The molecule has 5 nitrogen and oxygen atoms in total. The molecule has 3 aromatic carbocycles. The summed E-state index contributed by atoms with van der Waals surface area (Å²) in [6.45, 7) is 1.11. The largest absolute Gasteiger partial charge is 0.491 e. The van der Waals surface area contributed by atoms with Gasteiger partial charge in [0.15, 0.2) is 11.6 Å². The smallest absolute Gasteiger partial charge is 0.249 e. The third kappa shape index (κ3) is 6.73. The first-order valence-corrected chi connectivity index (χ1v) is 10.0. The molecule has 4 N–H and O–H groups in total. The second kappa shape index (κ2) is 11.2. The van der Waals surface area contributed by atoms with Crippen LogP contribution >= 0.6 is 0 Å². The van der Waals surface area contributed by atoms with Gasteiger partial charge in [0.1, 0.15) is 18.5 Å². The van der Waals surface area contributed by atoms with Crippen LogP contribution < -0.4 is 15.8 Å². The molecule has 0 bridgehead atoms. The van der Waals surface area contributed by atoms with Gasteiger partial charge in [-0.3, -0.25) is 4.79 Å². The predicted octanol–water partition coefficient (Wildman–Crippen LogP) is 3.52. The van der Waals surface area contributed by atoms with E-state index in [2.05, 4.69) is 5.32 Å². The maximum absolute atomic E-state index is 13.4. The Balaban J connectivity index is 1.56. The topological polar surface area (TPSA) is 84.6 Å². The van der Waals surface area contributed by atoms with Crippen molar-refractivity contribution in [2.45, 2.75) is 12.6 Å². The van der Waals surface area contributed by atoms with Crippen molar-refractivity contribution < 1.29 is 23.4 Å². The van der Waals surface area contributed by atoms with E-state index in [1.165, 1.54) is 12.1 Å². The number of amides is 1. The van der Waals surface area contributed by atoms with E-state index >= 15 is 0 Å². The van der Waals surface area contributed by atoms with Crippen LogP contribution in [0.25, 0.3) is 11.6 Å². The molecule has 7 heteroatoms. The number of primary amides is 1. The summed E-state index contributed by atoms with van der Waals surface area (Å²) in [7, 11) is 0. The Bertz CT molecular complexity index is 1070. The molecule has 0 saturated carbocycles. The molecule has 0 radical (unpaired) electrons. The maximum Gasteiger partial charge on any atom is 0.249 e. The van der Waals surface area contributed by atoms with E-state index in [0.29, 0.717) is 30.0 Å². The maximum atomic E-state index is 13.4. The highest BCUT2D eigenvalue weighted by Crippen LogP contribution is 2.22. The fourth-order valence-electron chi connectivity index (χ4n) is 3.03. The molecule has 0 fully saturated rings. The van der Waals surface area contributed by atoms with Crippen molar-refractivity contribution in [3.63, 3.8) is 0 Å². The Labute approximate surface area is 185 Å². The third-order valence-electron chi connectivity index (χ3n) is 4.68. The molecule has 0 heterocycles. The normalized spacial score (nSPS) is 12.4. The van der Waals surface area contributed by atoms with Gasteiger partial charge < -0.3 is 20.9 Å². The summed E-state index contributed by atoms with van der Waals surface area (Å²) in [5, 5.41) is 13.3. The summed E-state index contributed by atoms with van der Waals surface area (Å²) < 4.78 is 32.1. The summed E-state index contributed by atoms with van der Waals surface area (Å²) in [5.41, 5.74) is 7.54. The van der Waals surface area contributed by atoms with Gasteiger partial charge in [0.05, 0.1) is 0 Å². The van der Waals surface area contributed by atoms with Gasteiger partial charge in [0.2, 0.25) is 5.91 Å². The Hall–Kier alpha value is -3.55. The highest BCUT2D eigenvalue weighted by Gasteiger charge is 2.11. The number of benzene rings is 3. The molecular weight excluding hydrogens is 414 g/mol. The Morgan fingerprint density at radius 3 is 2.41 bits per heavy atom. The molecular formula is C25H24F2N2O3. The van der Waals surface area contributed by atoms with Crippen molar-refractivity contribution in [3.8, 4) is 5.75 Å². The van der Waals surface area contributed by atoms with Crippen molar-refractivity contribution in [2.75, 3.05) is 13.2 Å². The zero-order valence-corrected chi connectivity index (χ0v) is 17.3. The van der Waals surface area contributed by atoms with Crippen LogP contribution in [0, 0.1) is 11.6 Å². The molecule has 1 atom stereocenters. The van der Waals surface area contributed by atoms with Crippen molar-refractivity contribution in [3.05, 3.63) is 101 Å². The van der Waals surface area contributed by atoms with Gasteiger partial charge in [-0.1, -0.05) is 48.5 Å². The number of hydrogen-bond donors (Lipinski definition) is 3. The van der Waals surface area contributed by atoms with Gasteiger partial charge >= 0.3 is 0 Å². The minimum absolute atomic E-state index is 0.0918. The van der Waals surface area contributed by atoms with Gasteiger partial charge in [0, 0.05) is 18.7 Å². The first-order chi connectivity index (χ1) is 15.4. The van der Waals surface area contributed by atoms with E-state index in [-0.39, 0.29) is 12.2 Å². The number of ether oxygens (including phenoxy) is 1. The zero-order chi connectivity index (χ0) is 22.9. The minimum Gasteiger partial charge on any atom is -0.491 e. The number of halogens is 2. The fraction of sp³-hybridized carbons (Fsp3) is 0.160. The average Bonchev–Trinajstić information content (AvgIpc) is 2.79. The number of carbonyl (C=O) groups is 1. The molecule has 0 aliphatic heterocycles. The second-order valence-electron chi connectivity index (χ2n) is 7.20. The standard InChI is InChI=1S/C25H24F2N2O3/c26-23-11-6-18(13-24(23)27)12-22(25(28)31)19-7-9-21(10-8-19)32-16-20(30)15-29-14-17-4-2-1-3-5-17/h1-13,20,29-30H,14-16H2,(H2,28,31)/b22-12-. The van der Waals surface area contributed by atoms with Crippen molar-refractivity contribution in [1.82, 2.24) is 5.32 Å². The van der Waals surface area contributed by atoms with Crippen LogP contribution in [-0.4, -0.2) is 30.3 Å². The molecule has 32 heavy (non-hydrogen) atoms. The van der Waals surface area contributed by atoms with E-state index in [9.17, 15) is 18.7 Å². The fourth-order valence-corrected chi connectivity index (χ4v) is 3.03. The van der Waals surface area contributed by atoms with Crippen LogP contribution in [0.3, 0.4) is 0 Å². The summed E-state index contributed by atoms with van der Waals surface area (Å²) in [4.78, 5) is 11.9. The van der Waals surface area contributed by atoms with Crippen LogP contribution in [-0.2, 0) is 11.3 Å². The SMILES string of the molecule is NC(=O)/C(=C\c1ccc(F)c(F)c1)c1ccc(OCC(O)CNCc2ccccc2)cc1. The number of aliphatic hydroxyl groups excluding tert-OH is 1. The van der Waals surface area contributed by atoms with Gasteiger partial charge in [-0.2, -0.15) is 0 Å². The lowest BCUT2D eigenvalue weighted by Crippen LogP contribution is -2.31. The summed E-state index contributed by atoms with van der Waals surface area (Å²) >= 11 is 0. The van der Waals surface area contributed by atoms with E-state index in [1.54, 1.807) is 24.3 Å². The number of aliphatic hydroxyl groups is 1. The molecule has 0 aromatic heterocycles. The number of rotatable bonds is 10. The van der Waals surface area contributed by atoms with Crippen LogP contribution in [0.5, 0.6) is 5.75 Å². The highest BCUT2D eigenvalue weighted by molar-refractivity contribution is 6.23. The number of hydrogen-bond acceptors (Lipinski definition) is 4. The number of carbonyl (C=O) groups excluding carboxylic acids is 1. The summed E-state index contributed by atoms with van der Waals surface area (Å²) in [6, 6.07) is 19.7. The molecule has 0 aliphatic rings. The molecule has 3 aromatic rings. The first kappa shape index (κ1) is 23.1. The quantitative estimate of drug-likeness (QED) is 0.334. The lowest BCUT2D eigenvalue weighted by Gasteiger charge is -2.14. The van der Waals surface area contributed by atoms with E-state index in [4.69, 9.17) is 10.5 Å². The Kier molecular flexibility index (Phi) is 8.08. The highest BCUT2D eigenvalue weighted by atomic mass is 19.2. The lowest BCUT2D eigenvalue weighted by molar-refractivity contribution is -0.112. The first-order valence-electron chi connectivity index (χ1n) is 10.0. The second-order valence-corrected chi connectivity index (χ2v) is 7.20. The summed E-state index contributed by atoms with van der Waals surface area (Å²) in [6.07, 6.45) is 0.691. The minimum atomic E-state index is -1.01. The van der Waals surface area contributed by atoms with Crippen LogP contribution in [0.4, 0.5) is 8.78 Å². The van der Waals surface area contributed by atoms with Crippen molar-refractivity contribution in [1.29, 1.82) is 0 Å². The number of nitrogens with one attached hydrogen (secondary N) is 1. The van der Waals surface area contributed by atoms with Crippen molar-refractivity contribution >= 4 is 17.6 Å². The molecule has 0 spiro atoms. The molecule has 166 valence electrons. The van der Waals surface area contributed by atoms with E-state index in [1.807, 2.05) is 30.3 Å². The van der Waals surface area contributed by atoms with Crippen LogP contribution in [0.15, 0.2) is 72.8 Å². The van der Waals surface area contributed by atoms with Crippen LogP contribution in [0.1, 0.15) is 16.7 Å². The van der Waals surface area contributed by atoms with Gasteiger partial charge in [-0.05, 0) is 47.0 Å². The molecule has 1 unspecified atom stereocenters. The molecule has 0 saturated heterocycles. The van der Waals surface area contributed by atoms with Gasteiger partial charge in [0.25, 0.3) is 0 Å². The average molecular weight is 438 g/mol. The lowest BCUT2D eigenvalue weighted by atomic mass is 10.0. The third-order valence-corrected chi connectivity index (χ3v) is 4.68. The molecule has 3 rings (SSSR count). The van der Waals surface area contributed by atoms with E-state index < -0.39 is 23.6 Å². The van der Waals surface area contributed by atoms with Crippen LogP contribution in [0.2, 0.25) is 0 Å². The monoisotopic (exact) mass is 438 g/mol. The van der Waals surface area contributed by atoms with Gasteiger partial charge in [-0.15, -0.1) is 0 Å². The zero-order valence-electron chi connectivity index (χ0n) is 17.3. The van der Waals surface area contributed by atoms with Crippen molar-refractivity contribution in [2.24, 2.45) is 5.73 Å². The van der Waals surface area contributed by atoms with Gasteiger partial charge in [-0.25, -0.2) is 8.78 Å². The molecule has 1 amide bonds. The summed E-state index contributed by atoms with van der Waals surface area (Å²) in [5.74, 6) is -2.18. The van der Waals surface area contributed by atoms with E-state index in [0.717, 1.165) is 17.7 Å². The Morgan fingerprint density at radius 2 is 1.75 bits per heavy atom. The predicted molar refractivity (Wildman–Crippen MR) is 120 cm³/mol. The molecule has 0 aliphatic carbocycles. The number of nitrogens with two attached hydrogens (primary N) is 1.